The Hall–Kier alpha value is -2.48. The highest BCUT2D eigenvalue weighted by Crippen LogP contribution is 2.26. The zero-order chi connectivity index (χ0) is 19.5. The van der Waals surface area contributed by atoms with Crippen LogP contribution in [0, 0.1) is 0 Å². The number of para-hydroxylation sites is 1. The van der Waals surface area contributed by atoms with E-state index in [1.54, 1.807) is 25.1 Å². The molecule has 0 aliphatic heterocycles. The van der Waals surface area contributed by atoms with Crippen LogP contribution in [0.5, 0.6) is 5.75 Å². The van der Waals surface area contributed by atoms with Crippen molar-refractivity contribution in [1.29, 1.82) is 0 Å². The van der Waals surface area contributed by atoms with Crippen LogP contribution < -0.4 is 4.74 Å². The van der Waals surface area contributed by atoms with Crippen molar-refractivity contribution < 1.29 is 26.7 Å². The largest absolute Gasteiger partial charge is 0.434 e. The minimum atomic E-state index is -3.31. The first-order valence-electron chi connectivity index (χ1n) is 7.72. The highest BCUT2D eigenvalue weighted by Gasteiger charge is 2.23. The van der Waals surface area contributed by atoms with E-state index in [0.29, 0.717) is 5.56 Å². The lowest BCUT2D eigenvalue weighted by Crippen LogP contribution is -2.30. The summed E-state index contributed by atoms with van der Waals surface area (Å²) < 4.78 is 52.5. The molecule has 140 valence electrons. The van der Waals surface area contributed by atoms with Crippen LogP contribution in [0.2, 0.25) is 0 Å². The van der Waals surface area contributed by atoms with Crippen LogP contribution in [0.4, 0.5) is 8.78 Å². The quantitative estimate of drug-likeness (QED) is 0.766. The first-order valence-corrected chi connectivity index (χ1v) is 9.61. The molecular weight excluding hydrogens is 364 g/mol. The smallest absolute Gasteiger partial charge is 0.387 e. The zero-order valence-electron chi connectivity index (χ0n) is 14.5. The Morgan fingerprint density at radius 3 is 2.19 bits per heavy atom. The van der Waals surface area contributed by atoms with Crippen molar-refractivity contribution in [3.8, 4) is 5.75 Å². The number of halogens is 2. The molecule has 2 aromatic carbocycles. The van der Waals surface area contributed by atoms with Crippen LogP contribution in [0.3, 0.4) is 0 Å². The molecule has 0 spiro atoms. The second-order valence-corrected chi connectivity index (χ2v) is 7.82. The second-order valence-electron chi connectivity index (χ2n) is 5.81. The third-order valence-electron chi connectivity index (χ3n) is 4.03. The van der Waals surface area contributed by atoms with Crippen molar-refractivity contribution in [2.75, 3.05) is 13.3 Å². The van der Waals surface area contributed by atoms with E-state index < -0.39 is 28.4 Å². The Labute approximate surface area is 151 Å². The zero-order valence-corrected chi connectivity index (χ0v) is 15.3. The Kier molecular flexibility index (Phi) is 5.97. The lowest BCUT2D eigenvalue weighted by Gasteiger charge is -2.26. The van der Waals surface area contributed by atoms with Gasteiger partial charge in [0.05, 0.1) is 16.5 Å². The molecule has 5 nitrogen and oxygen atoms in total. The molecule has 1 amide bonds. The van der Waals surface area contributed by atoms with Crippen LogP contribution in [0.15, 0.2) is 53.4 Å². The fraction of sp³-hybridized carbons (Fsp3) is 0.278. The Bertz CT molecular complexity index is 882. The van der Waals surface area contributed by atoms with Crippen LogP contribution in [0.1, 0.15) is 28.9 Å². The van der Waals surface area contributed by atoms with Crippen molar-refractivity contribution in [2.45, 2.75) is 24.5 Å². The molecule has 26 heavy (non-hydrogen) atoms. The SMILES string of the molecule is CC(c1ccc(S(C)(=O)=O)cc1)N(C)C(=O)c1ccccc1OC(F)F. The number of alkyl halides is 2. The van der Waals surface area contributed by atoms with E-state index in [0.717, 1.165) is 6.26 Å². The maximum Gasteiger partial charge on any atom is 0.387 e. The Morgan fingerprint density at radius 2 is 1.65 bits per heavy atom. The molecule has 0 bridgehead atoms. The van der Waals surface area contributed by atoms with Crippen molar-refractivity contribution >= 4 is 15.7 Å². The van der Waals surface area contributed by atoms with E-state index >= 15 is 0 Å². The summed E-state index contributed by atoms with van der Waals surface area (Å²) in [5.74, 6) is -0.681. The molecule has 0 aromatic heterocycles. The van der Waals surface area contributed by atoms with Gasteiger partial charge < -0.3 is 9.64 Å². The molecule has 2 rings (SSSR count). The summed E-state index contributed by atoms with van der Waals surface area (Å²) in [5.41, 5.74) is 0.732. The van der Waals surface area contributed by atoms with Crippen LogP contribution >= 0.6 is 0 Å². The molecule has 1 unspecified atom stereocenters. The van der Waals surface area contributed by atoms with Crippen LogP contribution in [0.25, 0.3) is 0 Å². The van der Waals surface area contributed by atoms with Crippen molar-refractivity contribution in [2.24, 2.45) is 0 Å². The summed E-state index contributed by atoms with van der Waals surface area (Å²) in [6, 6.07) is 11.5. The van der Waals surface area contributed by atoms with Crippen LogP contribution in [-0.4, -0.2) is 39.1 Å². The minimum absolute atomic E-state index is 0.0231. The summed E-state index contributed by atoms with van der Waals surface area (Å²) in [6.45, 7) is -1.28. The molecule has 0 aliphatic carbocycles. The molecule has 0 heterocycles. The number of nitrogens with zero attached hydrogens (tertiary/aromatic N) is 1. The fourth-order valence-electron chi connectivity index (χ4n) is 2.43. The lowest BCUT2D eigenvalue weighted by molar-refractivity contribution is -0.0502. The average molecular weight is 383 g/mol. The number of hydrogen-bond donors (Lipinski definition) is 0. The second kappa shape index (κ2) is 7.82. The molecule has 0 radical (unpaired) electrons. The summed E-state index contributed by atoms with van der Waals surface area (Å²) in [4.78, 5) is 14.2. The topological polar surface area (TPSA) is 63.7 Å². The van der Waals surface area contributed by atoms with Crippen molar-refractivity contribution in [1.82, 2.24) is 4.90 Å². The molecule has 0 N–H and O–H groups in total. The van der Waals surface area contributed by atoms with Crippen molar-refractivity contribution in [3.05, 3.63) is 59.7 Å². The molecule has 0 saturated heterocycles. The Balaban J connectivity index is 2.25. The molecule has 0 saturated carbocycles. The molecule has 0 fully saturated rings. The number of sulfone groups is 1. The summed E-state index contributed by atoms with van der Waals surface area (Å²) in [6.07, 6.45) is 1.11. The molecular formula is C18H19F2NO4S. The number of benzene rings is 2. The average Bonchev–Trinajstić information content (AvgIpc) is 2.59. The summed E-state index contributed by atoms with van der Waals surface area (Å²) in [5, 5.41) is 0. The molecule has 2 aromatic rings. The van der Waals surface area contributed by atoms with Gasteiger partial charge in [-0.15, -0.1) is 0 Å². The van der Waals surface area contributed by atoms with E-state index in [1.165, 1.54) is 42.3 Å². The normalized spacial score (nSPS) is 12.7. The summed E-state index contributed by atoms with van der Waals surface area (Å²) >= 11 is 0. The predicted octanol–water partition coefficient (Wildman–Crippen LogP) is 3.52. The third kappa shape index (κ3) is 4.57. The first kappa shape index (κ1) is 19.8. The molecule has 0 aliphatic rings. The van der Waals surface area contributed by atoms with Crippen LogP contribution in [-0.2, 0) is 9.84 Å². The number of hydrogen-bond acceptors (Lipinski definition) is 4. The number of carbonyl (C=O) groups excluding carboxylic acids is 1. The Morgan fingerprint density at radius 1 is 1.08 bits per heavy atom. The van der Waals surface area contributed by atoms with Gasteiger partial charge in [0.25, 0.3) is 5.91 Å². The van der Waals surface area contributed by atoms with E-state index in [9.17, 15) is 22.0 Å². The van der Waals surface area contributed by atoms with Gasteiger partial charge in [-0.2, -0.15) is 8.78 Å². The maximum absolute atomic E-state index is 12.7. The number of rotatable bonds is 6. The number of carbonyl (C=O) groups is 1. The van der Waals surface area contributed by atoms with Gasteiger partial charge in [-0.05, 0) is 36.8 Å². The molecule has 8 heteroatoms. The maximum atomic E-state index is 12.7. The van der Waals surface area contributed by atoms with Gasteiger partial charge >= 0.3 is 6.61 Å². The number of ether oxygens (including phenoxy) is 1. The predicted molar refractivity (Wildman–Crippen MR) is 93.1 cm³/mol. The van der Waals surface area contributed by atoms with Gasteiger partial charge in [-0.1, -0.05) is 24.3 Å². The van der Waals surface area contributed by atoms with Gasteiger partial charge in [0.1, 0.15) is 5.75 Å². The minimum Gasteiger partial charge on any atom is -0.434 e. The number of amides is 1. The van der Waals surface area contributed by atoms with Crippen molar-refractivity contribution in [3.63, 3.8) is 0 Å². The van der Waals surface area contributed by atoms with E-state index in [4.69, 9.17) is 0 Å². The lowest BCUT2D eigenvalue weighted by atomic mass is 10.1. The first-order chi connectivity index (χ1) is 12.1. The van der Waals surface area contributed by atoms with Gasteiger partial charge in [-0.25, -0.2) is 8.42 Å². The fourth-order valence-corrected chi connectivity index (χ4v) is 3.06. The van der Waals surface area contributed by atoms with E-state index in [-0.39, 0.29) is 16.2 Å². The van der Waals surface area contributed by atoms with E-state index in [1.807, 2.05) is 0 Å². The summed E-state index contributed by atoms with van der Waals surface area (Å²) in [7, 11) is -1.77. The molecule has 1 atom stereocenters. The standard InChI is InChI=1S/C18H19F2NO4S/c1-12(13-8-10-14(11-9-13)26(3,23)24)21(2)17(22)15-6-4-5-7-16(15)25-18(19)20/h4-12,18H,1-3H3. The highest BCUT2D eigenvalue weighted by molar-refractivity contribution is 7.90. The van der Waals surface area contributed by atoms with E-state index in [2.05, 4.69) is 4.74 Å². The van der Waals surface area contributed by atoms with Gasteiger partial charge in [-0.3, -0.25) is 4.79 Å². The monoisotopic (exact) mass is 383 g/mol. The van der Waals surface area contributed by atoms with Gasteiger partial charge in [0.2, 0.25) is 0 Å². The van der Waals surface area contributed by atoms with Gasteiger partial charge in [0, 0.05) is 13.3 Å². The van der Waals surface area contributed by atoms with Gasteiger partial charge in [0.15, 0.2) is 9.84 Å². The third-order valence-corrected chi connectivity index (χ3v) is 5.15. The highest BCUT2D eigenvalue weighted by atomic mass is 32.2.